The average Bonchev–Trinajstić information content (AvgIpc) is 2.18. The highest BCUT2D eigenvalue weighted by molar-refractivity contribution is 4.53. The van der Waals surface area contributed by atoms with Gasteiger partial charge in [-0.15, -0.1) is 0 Å². The minimum atomic E-state index is -0.718. The highest BCUT2D eigenvalue weighted by atomic mass is 16.3. The van der Waals surface area contributed by atoms with Crippen molar-refractivity contribution in [1.29, 1.82) is 0 Å². The smallest absolute Gasteiger partial charge is 0.238 e. The summed E-state index contributed by atoms with van der Waals surface area (Å²) in [6.45, 7) is 2.75. The third-order valence-corrected chi connectivity index (χ3v) is 1.07. The molecule has 9 heavy (non-hydrogen) atoms. The summed E-state index contributed by atoms with van der Waals surface area (Å²) in [6, 6.07) is 0. The SMILES string of the molecule is CCCN1N=NNC1O. The van der Waals surface area contributed by atoms with E-state index in [9.17, 15) is 0 Å². The minimum absolute atomic E-state index is 0.718. The quantitative estimate of drug-likeness (QED) is 0.547. The molecule has 1 aliphatic heterocycles. The van der Waals surface area contributed by atoms with Crippen LogP contribution < -0.4 is 5.43 Å². The molecule has 2 N–H and O–H groups in total. The Kier molecular flexibility index (Phi) is 1.84. The van der Waals surface area contributed by atoms with E-state index in [-0.39, 0.29) is 0 Å². The van der Waals surface area contributed by atoms with E-state index >= 15 is 0 Å². The van der Waals surface area contributed by atoms with E-state index in [1.165, 1.54) is 5.01 Å². The first kappa shape index (κ1) is 6.28. The zero-order chi connectivity index (χ0) is 6.69. The van der Waals surface area contributed by atoms with E-state index in [4.69, 9.17) is 5.11 Å². The lowest BCUT2D eigenvalue weighted by atomic mass is 10.5. The van der Waals surface area contributed by atoms with Crippen LogP contribution in [0.15, 0.2) is 10.4 Å². The van der Waals surface area contributed by atoms with Gasteiger partial charge >= 0.3 is 0 Å². The fourth-order valence-electron chi connectivity index (χ4n) is 0.647. The molecule has 0 aliphatic carbocycles. The van der Waals surface area contributed by atoms with Gasteiger partial charge in [-0.1, -0.05) is 12.1 Å². The second-order valence-electron chi connectivity index (χ2n) is 1.86. The molecule has 1 rings (SSSR count). The fraction of sp³-hybridized carbons (Fsp3) is 1.00. The minimum Gasteiger partial charge on any atom is -0.354 e. The Labute approximate surface area is 53.3 Å². The van der Waals surface area contributed by atoms with Crippen molar-refractivity contribution in [3.05, 3.63) is 0 Å². The molecule has 0 spiro atoms. The molecule has 1 unspecified atom stereocenters. The highest BCUT2D eigenvalue weighted by Gasteiger charge is 2.15. The van der Waals surface area contributed by atoms with Crippen LogP contribution in [0.4, 0.5) is 0 Å². The maximum Gasteiger partial charge on any atom is 0.238 e. The van der Waals surface area contributed by atoms with Gasteiger partial charge in [-0.3, -0.25) is 0 Å². The second kappa shape index (κ2) is 2.63. The Morgan fingerprint density at radius 1 is 1.78 bits per heavy atom. The number of aliphatic hydroxyl groups excluding tert-OH is 1. The molecule has 5 nitrogen and oxygen atoms in total. The van der Waals surface area contributed by atoms with Gasteiger partial charge in [-0.25, -0.2) is 10.4 Å². The van der Waals surface area contributed by atoms with E-state index in [1.54, 1.807) is 0 Å². The zero-order valence-corrected chi connectivity index (χ0v) is 5.28. The van der Waals surface area contributed by atoms with Gasteiger partial charge < -0.3 is 5.11 Å². The monoisotopic (exact) mass is 130 g/mol. The van der Waals surface area contributed by atoms with Crippen LogP contribution in [0.3, 0.4) is 0 Å². The van der Waals surface area contributed by atoms with Crippen LogP contribution in [0.2, 0.25) is 0 Å². The van der Waals surface area contributed by atoms with Crippen LogP contribution in [-0.2, 0) is 0 Å². The van der Waals surface area contributed by atoms with Crippen LogP contribution in [0, 0.1) is 0 Å². The van der Waals surface area contributed by atoms with Crippen LogP contribution >= 0.6 is 0 Å². The number of nitrogens with zero attached hydrogens (tertiary/aromatic N) is 3. The molecule has 0 amide bonds. The van der Waals surface area contributed by atoms with Gasteiger partial charge in [0.25, 0.3) is 0 Å². The normalized spacial score (nSPS) is 24.7. The van der Waals surface area contributed by atoms with Crippen LogP contribution in [0.1, 0.15) is 13.3 Å². The average molecular weight is 130 g/mol. The number of aliphatic hydroxyl groups is 1. The maximum atomic E-state index is 8.95. The molecular formula is C4H10N4O. The topological polar surface area (TPSA) is 60.2 Å². The summed E-state index contributed by atoms with van der Waals surface area (Å²) in [6.07, 6.45) is 0.238. The largest absolute Gasteiger partial charge is 0.354 e. The predicted octanol–water partition coefficient (Wildman–Crippen LogP) is -0.140. The van der Waals surface area contributed by atoms with Crippen molar-refractivity contribution in [2.45, 2.75) is 19.7 Å². The lowest BCUT2D eigenvalue weighted by Crippen LogP contribution is -2.34. The van der Waals surface area contributed by atoms with Gasteiger partial charge in [0.15, 0.2) is 0 Å². The Bertz CT molecular complexity index is 115. The molecule has 0 radical (unpaired) electrons. The molecule has 1 atom stereocenters. The first-order chi connectivity index (χ1) is 4.34. The van der Waals surface area contributed by atoms with Crippen molar-refractivity contribution in [1.82, 2.24) is 10.4 Å². The van der Waals surface area contributed by atoms with Gasteiger partial charge in [-0.05, 0) is 11.6 Å². The predicted molar refractivity (Wildman–Crippen MR) is 31.0 cm³/mol. The molecule has 0 fully saturated rings. The molecule has 0 saturated carbocycles. The third kappa shape index (κ3) is 1.29. The molecule has 52 valence electrons. The summed E-state index contributed by atoms with van der Waals surface area (Å²) in [4.78, 5) is 0. The highest BCUT2D eigenvalue weighted by Crippen LogP contribution is 2.01. The molecule has 1 aliphatic rings. The number of rotatable bonds is 2. The molecule has 0 aromatic carbocycles. The van der Waals surface area contributed by atoms with Crippen molar-refractivity contribution >= 4 is 0 Å². The molecule has 0 aromatic heterocycles. The Hall–Kier alpha value is -0.840. The Morgan fingerprint density at radius 3 is 3.00 bits per heavy atom. The fourth-order valence-corrected chi connectivity index (χ4v) is 0.647. The molecule has 0 bridgehead atoms. The first-order valence-electron chi connectivity index (χ1n) is 2.95. The Balaban J connectivity index is 2.31. The third-order valence-electron chi connectivity index (χ3n) is 1.07. The van der Waals surface area contributed by atoms with Crippen molar-refractivity contribution < 1.29 is 5.11 Å². The molecule has 1 heterocycles. The summed E-state index contributed by atoms with van der Waals surface area (Å²) in [5.74, 6) is 0. The summed E-state index contributed by atoms with van der Waals surface area (Å²) in [7, 11) is 0. The number of hydrogen-bond acceptors (Lipinski definition) is 5. The summed E-state index contributed by atoms with van der Waals surface area (Å²) in [5, 5.41) is 17.5. The Morgan fingerprint density at radius 2 is 2.56 bits per heavy atom. The van der Waals surface area contributed by atoms with Crippen molar-refractivity contribution in [2.24, 2.45) is 10.4 Å². The number of hydrogen-bond donors (Lipinski definition) is 2. The summed E-state index contributed by atoms with van der Waals surface area (Å²) >= 11 is 0. The molecule has 0 saturated heterocycles. The van der Waals surface area contributed by atoms with Gasteiger partial charge in [-0.2, -0.15) is 0 Å². The second-order valence-corrected chi connectivity index (χ2v) is 1.86. The van der Waals surface area contributed by atoms with Crippen LogP contribution in [0.25, 0.3) is 0 Å². The van der Waals surface area contributed by atoms with Gasteiger partial charge in [0.05, 0.1) is 0 Å². The van der Waals surface area contributed by atoms with Crippen molar-refractivity contribution in [3.63, 3.8) is 0 Å². The van der Waals surface area contributed by atoms with Crippen molar-refractivity contribution in [2.75, 3.05) is 6.54 Å². The van der Waals surface area contributed by atoms with Gasteiger partial charge in [0, 0.05) is 6.54 Å². The standard InChI is InChI=1S/C4H10N4O/c1-2-3-8-4(9)5-6-7-8/h4,9H,2-3H2,1H3,(H,5,7). The zero-order valence-electron chi connectivity index (χ0n) is 5.28. The lowest BCUT2D eigenvalue weighted by Gasteiger charge is -2.13. The molecule has 5 heteroatoms. The van der Waals surface area contributed by atoms with Gasteiger partial charge in [0.2, 0.25) is 6.35 Å². The van der Waals surface area contributed by atoms with Crippen LogP contribution in [-0.4, -0.2) is 23.0 Å². The van der Waals surface area contributed by atoms with E-state index in [0.717, 1.165) is 13.0 Å². The van der Waals surface area contributed by atoms with E-state index in [2.05, 4.69) is 15.9 Å². The molecule has 0 aromatic rings. The number of nitrogens with one attached hydrogen (secondary N) is 1. The molecular weight excluding hydrogens is 120 g/mol. The first-order valence-corrected chi connectivity index (χ1v) is 2.95. The van der Waals surface area contributed by atoms with Crippen LogP contribution in [0.5, 0.6) is 0 Å². The maximum absolute atomic E-state index is 8.95. The van der Waals surface area contributed by atoms with E-state index in [0.29, 0.717) is 0 Å². The summed E-state index contributed by atoms with van der Waals surface area (Å²) < 4.78 is 0. The van der Waals surface area contributed by atoms with E-state index in [1.807, 2.05) is 6.92 Å². The van der Waals surface area contributed by atoms with Crippen molar-refractivity contribution in [3.8, 4) is 0 Å². The van der Waals surface area contributed by atoms with Gasteiger partial charge in [0.1, 0.15) is 0 Å². The lowest BCUT2D eigenvalue weighted by molar-refractivity contribution is 0.00792. The van der Waals surface area contributed by atoms with E-state index < -0.39 is 6.35 Å². The summed E-state index contributed by atoms with van der Waals surface area (Å²) in [5.41, 5.74) is 2.39.